The molecule has 2 N–H and O–H groups in total. The van der Waals surface area contributed by atoms with Gasteiger partial charge in [0.2, 0.25) is 11.6 Å². The number of H-pyrrole nitrogens is 1. The fourth-order valence-electron chi connectivity index (χ4n) is 5.00. The number of hydroxylamine groups is 2. The van der Waals surface area contributed by atoms with E-state index in [1.165, 1.54) is 23.3 Å². The Morgan fingerprint density at radius 1 is 0.694 bits per heavy atom. The quantitative estimate of drug-likeness (QED) is 0.0283. The number of hydrogen-bond acceptors (Lipinski definition) is 10. The number of hydrogen-bond donors (Lipinski definition) is 2. The summed E-state index contributed by atoms with van der Waals surface area (Å²) in [5.74, 6) is 3.45. The van der Waals surface area contributed by atoms with E-state index in [0.717, 1.165) is 27.4 Å². The first-order valence-electron chi connectivity index (χ1n) is 22.2. The maximum absolute atomic E-state index is 11.7. The SMILES string of the molecule is C#CC(=O)c1ccc(C)cc1.CON(C)C(=O)c1ccc(C)cc1.Cc1ccc(/C=C/Sc2nncn2C)cc1.Cc1ccc(C(=O)C#C[Si](C)(C)C)cc1.Cc1ccc(C(=O)O)cc1.Cn1cn[nH]c1=S. The number of amides is 1. The highest BCUT2D eigenvalue weighted by Gasteiger charge is 2.10. The molecular formula is C56H63N7O6S2Si. The van der Waals surface area contributed by atoms with Gasteiger partial charge in [0, 0.05) is 37.8 Å². The number of carbonyl (C=O) groups excluding carboxylic acids is 3. The average Bonchev–Trinajstić information content (AvgIpc) is 3.96. The number of benzene rings is 5. The van der Waals surface area contributed by atoms with Crippen molar-refractivity contribution >= 4 is 61.6 Å². The van der Waals surface area contributed by atoms with Gasteiger partial charge in [-0.25, -0.2) is 9.86 Å². The number of nitrogens with zero attached hydrogens (tertiary/aromatic N) is 6. The second kappa shape index (κ2) is 31.5. The summed E-state index contributed by atoms with van der Waals surface area (Å²) in [6, 6.07) is 37.3. The molecular weight excluding hydrogens is 959 g/mol. The van der Waals surface area contributed by atoms with Gasteiger partial charge in [-0.15, -0.1) is 22.2 Å². The predicted molar refractivity (Wildman–Crippen MR) is 295 cm³/mol. The number of Topliss-reactive ketones (excluding diaryl/α,β-unsaturated/α-hetero) is 2. The summed E-state index contributed by atoms with van der Waals surface area (Å²) in [7, 11) is 5.38. The highest BCUT2D eigenvalue weighted by Crippen LogP contribution is 2.17. The second-order valence-corrected chi connectivity index (χ2v) is 22.9. The van der Waals surface area contributed by atoms with E-state index in [1.807, 2.05) is 100 Å². The summed E-state index contributed by atoms with van der Waals surface area (Å²) in [4.78, 5) is 49.1. The Kier molecular flexibility index (Phi) is 26.4. The molecule has 0 atom stereocenters. The zero-order valence-corrected chi connectivity index (χ0v) is 45.6. The van der Waals surface area contributed by atoms with Crippen molar-refractivity contribution in [2.45, 2.75) is 59.4 Å². The molecule has 16 heteroatoms. The van der Waals surface area contributed by atoms with Crippen LogP contribution in [-0.2, 0) is 18.9 Å². The van der Waals surface area contributed by atoms with Crippen LogP contribution in [0.2, 0.25) is 19.6 Å². The van der Waals surface area contributed by atoms with Crippen molar-refractivity contribution in [2.24, 2.45) is 14.1 Å². The minimum absolute atomic E-state index is 0.0718. The summed E-state index contributed by atoms with van der Waals surface area (Å²) in [5.41, 5.74) is 12.3. The largest absolute Gasteiger partial charge is 0.478 e. The van der Waals surface area contributed by atoms with E-state index in [9.17, 15) is 19.2 Å². The molecule has 0 aliphatic heterocycles. The summed E-state index contributed by atoms with van der Waals surface area (Å²) in [5, 5.41) is 26.6. The molecule has 7 rings (SSSR count). The Bertz CT molecular complexity index is 2990. The number of aryl methyl sites for hydroxylation is 7. The molecule has 0 saturated carbocycles. The van der Waals surface area contributed by atoms with E-state index in [0.29, 0.717) is 27.0 Å². The molecule has 2 aromatic heterocycles. The zero-order chi connectivity index (χ0) is 53.8. The number of aromatic amines is 1. The monoisotopic (exact) mass is 1020 g/mol. The number of aromatic nitrogens is 6. The van der Waals surface area contributed by atoms with Gasteiger partial charge in [-0.05, 0) is 100.0 Å². The van der Waals surface area contributed by atoms with Gasteiger partial charge < -0.3 is 14.2 Å². The van der Waals surface area contributed by atoms with Crippen LogP contribution in [0.5, 0.6) is 0 Å². The molecule has 2 heterocycles. The molecule has 374 valence electrons. The van der Waals surface area contributed by atoms with E-state index >= 15 is 0 Å². The summed E-state index contributed by atoms with van der Waals surface area (Å²) < 4.78 is 4.28. The third kappa shape index (κ3) is 24.2. The maximum Gasteiger partial charge on any atom is 0.335 e. The van der Waals surface area contributed by atoms with Gasteiger partial charge >= 0.3 is 5.97 Å². The Hall–Kier alpha value is -7.73. The number of nitrogens with one attached hydrogen (secondary N) is 1. The van der Waals surface area contributed by atoms with Crippen molar-refractivity contribution in [3.63, 3.8) is 0 Å². The smallest absolute Gasteiger partial charge is 0.335 e. The van der Waals surface area contributed by atoms with Crippen LogP contribution in [0.15, 0.2) is 145 Å². The van der Waals surface area contributed by atoms with Crippen LogP contribution in [0.25, 0.3) is 6.08 Å². The molecule has 0 spiro atoms. The van der Waals surface area contributed by atoms with E-state index in [4.69, 9.17) is 28.6 Å². The minimum atomic E-state index is -1.45. The van der Waals surface area contributed by atoms with Crippen LogP contribution < -0.4 is 0 Å². The van der Waals surface area contributed by atoms with Gasteiger partial charge in [-0.3, -0.25) is 24.3 Å². The lowest BCUT2D eigenvalue weighted by atomic mass is 10.1. The minimum Gasteiger partial charge on any atom is -0.478 e. The molecule has 7 aromatic rings. The highest BCUT2D eigenvalue weighted by atomic mass is 32.2. The van der Waals surface area contributed by atoms with Gasteiger partial charge in [0.05, 0.1) is 12.7 Å². The first-order chi connectivity index (χ1) is 34.0. The number of rotatable bonds is 8. The number of carboxylic acid groups (broad SMARTS) is 1. The van der Waals surface area contributed by atoms with Gasteiger partial charge in [-0.2, -0.15) is 5.10 Å². The first kappa shape index (κ1) is 60.4. The van der Waals surface area contributed by atoms with E-state index in [2.05, 4.69) is 94.7 Å². The van der Waals surface area contributed by atoms with Gasteiger partial charge in [-0.1, -0.05) is 156 Å². The second-order valence-electron chi connectivity index (χ2n) is 16.9. The van der Waals surface area contributed by atoms with Gasteiger partial charge in [0.15, 0.2) is 9.93 Å². The Labute approximate surface area is 434 Å². The normalized spacial score (nSPS) is 9.93. The fraction of sp³-hybridized carbons (Fsp3) is 0.214. The van der Waals surface area contributed by atoms with Crippen LogP contribution in [0.3, 0.4) is 0 Å². The zero-order valence-electron chi connectivity index (χ0n) is 42.9. The lowest BCUT2D eigenvalue weighted by molar-refractivity contribution is -0.0757. The Balaban J connectivity index is 0.000000301. The van der Waals surface area contributed by atoms with Crippen LogP contribution in [0, 0.1) is 63.2 Å². The number of thioether (sulfide) groups is 1. The Morgan fingerprint density at radius 3 is 1.47 bits per heavy atom. The van der Waals surface area contributed by atoms with Crippen molar-refractivity contribution < 1.29 is 29.1 Å². The van der Waals surface area contributed by atoms with Crippen LogP contribution in [0.4, 0.5) is 0 Å². The highest BCUT2D eigenvalue weighted by molar-refractivity contribution is 8.02. The molecule has 0 bridgehead atoms. The number of ketones is 2. The first-order valence-corrected chi connectivity index (χ1v) is 27.0. The van der Waals surface area contributed by atoms with E-state index in [-0.39, 0.29) is 17.5 Å². The van der Waals surface area contributed by atoms with Crippen molar-refractivity contribution in [1.29, 1.82) is 0 Å². The molecule has 0 saturated heterocycles. The molecule has 13 nitrogen and oxygen atoms in total. The number of carboxylic acids is 1. The lowest BCUT2D eigenvalue weighted by Crippen LogP contribution is -2.25. The van der Waals surface area contributed by atoms with Gasteiger partial charge in [0.1, 0.15) is 20.7 Å². The van der Waals surface area contributed by atoms with Crippen LogP contribution >= 0.6 is 24.0 Å². The standard InChI is InChI=1S/C13H16OSi.C12H13N3S.C10H13NO2.C10H8O.C8H8O2.C3H5N3S/c1-11-5-7-12(8-6-11)13(14)9-10-15(2,3)4;1-10-3-5-11(6-4-10)7-8-16-12-14-13-9-15(12)2;1-8-4-6-9(7-5-8)10(12)11(2)13-3;1-3-10(11)9-6-4-8(2)5-7-9;1-6-2-4-7(5-3-6)8(9)10;1-6-2-4-5-3(6)7/h5-8H,1-4H3;3-9H,1-2H3;4-7H,1-3H3;1,4-7H,2H3;2-5H,1H3,(H,9,10);2H,1H3,(H,5,7)/b;8-7+;;;;. The molecule has 5 aromatic carbocycles. The van der Waals surface area contributed by atoms with Crippen molar-refractivity contribution in [1.82, 2.24) is 34.6 Å². The summed E-state index contributed by atoms with van der Waals surface area (Å²) in [6.07, 6.45) is 10.3. The maximum atomic E-state index is 11.7. The third-order valence-corrected chi connectivity index (χ3v) is 11.5. The molecule has 0 aliphatic carbocycles. The fourth-order valence-corrected chi connectivity index (χ4v) is 6.24. The third-order valence-electron chi connectivity index (χ3n) is 9.36. The van der Waals surface area contributed by atoms with E-state index in [1.54, 1.807) is 84.6 Å². The molecule has 1 amide bonds. The molecule has 0 aliphatic rings. The van der Waals surface area contributed by atoms with Crippen molar-refractivity contribution in [3.8, 4) is 23.8 Å². The van der Waals surface area contributed by atoms with Gasteiger partial charge in [0.25, 0.3) is 5.91 Å². The van der Waals surface area contributed by atoms with Crippen LogP contribution in [0.1, 0.15) is 74.8 Å². The topological polar surface area (TPSA) is 165 Å². The van der Waals surface area contributed by atoms with Crippen molar-refractivity contribution in [2.75, 3.05) is 14.2 Å². The number of terminal acetylenes is 1. The summed E-state index contributed by atoms with van der Waals surface area (Å²) >= 11 is 6.29. The number of aromatic carboxylic acids is 1. The molecule has 0 fully saturated rings. The lowest BCUT2D eigenvalue weighted by Gasteiger charge is -2.13. The number of carbonyl (C=O) groups is 4. The molecule has 0 radical (unpaired) electrons. The molecule has 72 heavy (non-hydrogen) atoms. The summed E-state index contributed by atoms with van der Waals surface area (Å²) in [6.45, 7) is 16.3. The average molecular weight is 1020 g/mol. The molecule has 0 unspecified atom stereocenters. The van der Waals surface area contributed by atoms with Crippen LogP contribution in [-0.4, -0.2) is 85.4 Å². The van der Waals surface area contributed by atoms with Crippen molar-refractivity contribution in [3.05, 3.63) is 200 Å². The van der Waals surface area contributed by atoms with E-state index < -0.39 is 14.0 Å². The predicted octanol–water partition coefficient (Wildman–Crippen LogP) is 11.6. The Morgan fingerprint density at radius 2 is 1.12 bits per heavy atom.